The first kappa shape index (κ1) is 98.6. The lowest BCUT2D eigenvalue weighted by molar-refractivity contribution is -0.138. The van der Waals surface area contributed by atoms with Gasteiger partial charge in [-0.2, -0.15) is 26.3 Å². The number of amides is 5. The molecular formula is C114H127F6N5O13. The van der Waals surface area contributed by atoms with Gasteiger partial charge in [-0.25, -0.2) is 0 Å². The summed E-state index contributed by atoms with van der Waals surface area (Å²) in [5.74, 6) is 3.60. The molecule has 0 saturated heterocycles. The average molecular weight is 1890 g/mol. The Morgan fingerprint density at radius 2 is 0.420 bits per heavy atom. The Balaban J connectivity index is 0.000000125. The lowest BCUT2D eigenvalue weighted by atomic mass is 9.62. The van der Waals surface area contributed by atoms with Crippen LogP contribution in [0.25, 0.3) is 0 Å². The number of aromatic hydroxyl groups is 5. The van der Waals surface area contributed by atoms with Crippen LogP contribution in [0.1, 0.15) is 278 Å². The molecule has 20 rings (SSSR count). The van der Waals surface area contributed by atoms with Crippen molar-refractivity contribution in [2.45, 2.75) is 262 Å². The normalized spacial score (nSPS) is 22.6. The molecule has 728 valence electrons. The first-order valence-corrected chi connectivity index (χ1v) is 49.0. The molecule has 0 aromatic heterocycles. The van der Waals surface area contributed by atoms with Gasteiger partial charge in [-0.05, 0) is 340 Å². The van der Waals surface area contributed by atoms with Gasteiger partial charge in [0.2, 0.25) is 29.5 Å². The number of methoxy groups -OCH3 is 3. The topological polar surface area (TPSA) is 274 Å². The monoisotopic (exact) mass is 1890 g/mol. The van der Waals surface area contributed by atoms with E-state index in [1.165, 1.54) is 69.5 Å². The van der Waals surface area contributed by atoms with Gasteiger partial charge in [0, 0.05) is 28.4 Å². The van der Waals surface area contributed by atoms with Crippen LogP contribution in [0.15, 0.2) is 164 Å². The van der Waals surface area contributed by atoms with Crippen molar-refractivity contribution in [1.29, 1.82) is 0 Å². The molecule has 5 fully saturated rings. The number of carbonyl (C=O) groups is 5. The minimum Gasteiger partial charge on any atom is -0.508 e. The van der Waals surface area contributed by atoms with Crippen LogP contribution in [0.4, 0.5) is 54.8 Å². The van der Waals surface area contributed by atoms with Crippen LogP contribution in [-0.2, 0) is 63.4 Å². The number of phenolic OH excluding ortho intramolecular Hbond substituents is 5. The molecule has 24 heteroatoms. The predicted molar refractivity (Wildman–Crippen MR) is 525 cm³/mol. The number of hydrogen-bond acceptors (Lipinski definition) is 13. The Bertz CT molecular complexity index is 6250. The van der Waals surface area contributed by atoms with Crippen molar-refractivity contribution >= 4 is 58.0 Å². The smallest absolute Gasteiger partial charge is 0.416 e. The Morgan fingerprint density at radius 1 is 0.246 bits per heavy atom. The maximum atomic E-state index is 13.7. The van der Waals surface area contributed by atoms with Crippen molar-refractivity contribution in [3.8, 4) is 46.0 Å². The lowest BCUT2D eigenvalue weighted by Gasteiger charge is -2.39. The maximum absolute atomic E-state index is 13.7. The number of benzene rings is 10. The van der Waals surface area contributed by atoms with Crippen LogP contribution in [0.5, 0.6) is 46.0 Å². The number of carbonyl (C=O) groups excluding carboxylic acids is 5. The lowest BCUT2D eigenvalue weighted by Crippen LogP contribution is -2.43. The van der Waals surface area contributed by atoms with Crippen molar-refractivity contribution in [3.05, 3.63) is 275 Å². The zero-order chi connectivity index (χ0) is 98.5. The molecule has 5 aliphatic heterocycles. The van der Waals surface area contributed by atoms with Crippen molar-refractivity contribution in [2.24, 2.45) is 29.6 Å². The maximum Gasteiger partial charge on any atom is 0.416 e. The quantitative estimate of drug-likeness (QED) is 0.0380. The zero-order valence-corrected chi connectivity index (χ0v) is 80.6. The highest BCUT2D eigenvalue weighted by Crippen LogP contribution is 2.62. The van der Waals surface area contributed by atoms with Crippen molar-refractivity contribution < 1.29 is 90.1 Å². The number of hydrogen-bond donors (Lipinski definition) is 10. The standard InChI is InChI=1S/C24H29NO3.C23H24F3NO2.C23H27NO3.C22H22F3NO2.C22H25NO3/c1-15-16(2)22-20(14-21(15)28-3)24(23(27)25-22,17-8-6-4-5-7-9-17)18-10-12-19(26)13-11-18;1-14-18(23(24,25)26)12-13-19-20(14)27-21(29)22(19,15-6-4-2-3-5-7-15)16-8-10-17(28)11-9-16;1-14-15(2)21-19(13-20(14)27-3)23(22(26)24-21,16-7-5-4-6-8-16)17-9-11-18(25)12-10-17;1-13-17(22(23,24)25)11-12-18-19(13)26-20(28)21(18,14-5-3-2-4-6-14)15-7-9-16(27)10-8-15;1-13-14(2)20-18(12-19(13)26-3)22(21(25)23-20,15-6-4-5-7-15)16-8-10-17(24)11-9-16/h10-14,17,26H,4-9H2,1-3H3,(H,25,27);8-13,15,28H,2-7H2,1H3,(H,27,29);9-13,16,25H,4-8H2,1-3H3,(H,24,26);7-12,14,27H,2-6H2,1H3,(H,26,28);8-12,15,24H,4-7H2,1-3H3,(H,23,25). The second-order valence-corrected chi connectivity index (χ2v) is 39.6. The van der Waals surface area contributed by atoms with Gasteiger partial charge < -0.3 is 66.3 Å². The highest BCUT2D eigenvalue weighted by atomic mass is 19.4. The summed E-state index contributed by atoms with van der Waals surface area (Å²) in [6.45, 7) is 15.1. The Kier molecular flexibility index (Phi) is 28.2. The van der Waals surface area contributed by atoms with Gasteiger partial charge in [0.15, 0.2) is 0 Å². The number of nitrogens with one attached hydrogen (secondary N) is 5. The fourth-order valence-electron chi connectivity index (χ4n) is 25.5. The van der Waals surface area contributed by atoms with Crippen LogP contribution in [0.2, 0.25) is 0 Å². The summed E-state index contributed by atoms with van der Waals surface area (Å²) in [4.78, 5) is 67.7. The van der Waals surface area contributed by atoms with Crippen molar-refractivity contribution in [1.82, 2.24) is 0 Å². The molecule has 0 spiro atoms. The SMILES string of the molecule is COc1cc2c(c(C)c1C)NC(=O)C2(c1ccc(O)cc1)C1CCCC1.COc1cc2c(c(C)c1C)NC(=O)C2(c1ccc(O)cc1)C1CCCCC1.COc1cc2c(c(C)c1C)NC(=O)C2(c1ccc(O)cc1)C1CCCCCC1.Cc1c(C(F)(F)F)ccc2c1NC(=O)C2(c1ccc(O)cc1)C1CCCCC1.Cc1c(C(F)(F)F)ccc2c1NC(=O)C2(c1ccc(O)cc1)C1CCCCCC1. The second kappa shape index (κ2) is 39.4. The summed E-state index contributed by atoms with van der Waals surface area (Å²) in [5, 5.41) is 64.0. The third kappa shape index (κ3) is 17.0. The molecule has 5 aliphatic carbocycles. The number of halogens is 6. The molecule has 138 heavy (non-hydrogen) atoms. The largest absolute Gasteiger partial charge is 0.508 e. The molecular weight excluding hydrogens is 1760 g/mol. The van der Waals surface area contributed by atoms with Crippen LogP contribution in [0.3, 0.4) is 0 Å². The molecule has 10 aliphatic rings. The van der Waals surface area contributed by atoms with Gasteiger partial charge in [-0.3, -0.25) is 24.0 Å². The van der Waals surface area contributed by atoms with Crippen LogP contribution >= 0.6 is 0 Å². The van der Waals surface area contributed by atoms with Crippen molar-refractivity contribution in [2.75, 3.05) is 47.9 Å². The third-order valence-corrected chi connectivity index (χ3v) is 32.8. The molecule has 5 saturated carbocycles. The van der Waals surface area contributed by atoms with E-state index >= 15 is 0 Å². The Hall–Kier alpha value is -12.5. The number of fused-ring (bicyclic) bond motifs is 5. The van der Waals surface area contributed by atoms with Crippen molar-refractivity contribution in [3.63, 3.8) is 0 Å². The average Bonchev–Trinajstić information content (AvgIpc) is 1.57. The molecule has 18 nitrogen and oxygen atoms in total. The molecule has 10 aromatic rings. The third-order valence-electron chi connectivity index (χ3n) is 32.8. The summed E-state index contributed by atoms with van der Waals surface area (Å²) in [5.41, 5.74) is 12.7. The molecule has 5 atom stereocenters. The number of rotatable bonds is 13. The molecule has 5 amide bonds. The van der Waals surface area contributed by atoms with E-state index in [2.05, 4.69) is 45.6 Å². The highest BCUT2D eigenvalue weighted by molar-refractivity contribution is 6.14. The number of anilines is 5. The zero-order valence-electron chi connectivity index (χ0n) is 80.6. The Morgan fingerprint density at radius 3 is 0.609 bits per heavy atom. The van der Waals surface area contributed by atoms with E-state index in [0.717, 1.165) is 266 Å². The summed E-state index contributed by atoms with van der Waals surface area (Å²) in [7, 11) is 5.05. The van der Waals surface area contributed by atoms with E-state index < -0.39 is 50.6 Å². The minimum absolute atomic E-state index is 0.00294. The fourth-order valence-corrected chi connectivity index (χ4v) is 25.5. The number of alkyl halides is 6. The molecule has 5 heterocycles. The first-order valence-electron chi connectivity index (χ1n) is 49.0. The van der Waals surface area contributed by atoms with E-state index in [0.29, 0.717) is 16.7 Å². The summed E-state index contributed by atoms with van der Waals surface area (Å²) in [6.07, 6.45) is 18.4. The predicted octanol–water partition coefficient (Wildman–Crippen LogP) is 26.0. The van der Waals surface area contributed by atoms with Crippen LogP contribution in [0, 0.1) is 85.0 Å². The summed E-state index contributed by atoms with van der Waals surface area (Å²) < 4.78 is 97.4. The first-order chi connectivity index (χ1) is 66.0. The Labute approximate surface area is 803 Å². The van der Waals surface area contributed by atoms with Crippen LogP contribution < -0.4 is 40.8 Å². The van der Waals surface area contributed by atoms with Gasteiger partial charge in [0.05, 0.1) is 32.5 Å². The molecule has 5 unspecified atom stereocenters. The van der Waals surface area contributed by atoms with E-state index in [1.54, 1.807) is 82.0 Å². The van der Waals surface area contributed by atoms with Gasteiger partial charge in [-0.15, -0.1) is 0 Å². The van der Waals surface area contributed by atoms with Crippen LogP contribution in [-0.4, -0.2) is 76.4 Å². The molecule has 0 bridgehead atoms. The summed E-state index contributed by atoms with van der Waals surface area (Å²) >= 11 is 0. The van der Waals surface area contributed by atoms with Gasteiger partial charge in [0.1, 0.15) is 73.1 Å². The number of phenols is 5. The molecule has 0 radical (unpaired) electrons. The van der Waals surface area contributed by atoms with E-state index in [1.807, 2.05) is 77.1 Å². The molecule has 10 N–H and O–H groups in total. The second-order valence-electron chi connectivity index (χ2n) is 39.6. The van der Waals surface area contributed by atoms with E-state index in [-0.39, 0.29) is 110 Å². The summed E-state index contributed by atoms with van der Waals surface area (Å²) in [6, 6.07) is 45.8. The van der Waals surface area contributed by atoms with E-state index in [9.17, 15) is 75.8 Å². The van der Waals surface area contributed by atoms with Gasteiger partial charge in [0.25, 0.3) is 0 Å². The van der Waals surface area contributed by atoms with Gasteiger partial charge in [-0.1, -0.05) is 176 Å². The number of ether oxygens (including phenoxy) is 3. The van der Waals surface area contributed by atoms with E-state index in [4.69, 9.17) is 14.2 Å². The highest BCUT2D eigenvalue weighted by Gasteiger charge is 2.61. The molecule has 10 aromatic carbocycles. The minimum atomic E-state index is -4.48. The van der Waals surface area contributed by atoms with Gasteiger partial charge >= 0.3 is 12.4 Å². The fraction of sp³-hybridized carbons (Fsp3) is 0.430.